The molecule has 5 nitrogen and oxygen atoms in total. The fourth-order valence-electron chi connectivity index (χ4n) is 3.73. The summed E-state index contributed by atoms with van der Waals surface area (Å²) in [6, 6.07) is 19.3. The fraction of sp³-hybridized carbons (Fsp3) is 0.261. The first-order valence-corrected chi connectivity index (χ1v) is 12.4. The lowest BCUT2D eigenvalue weighted by Crippen LogP contribution is -2.25. The Bertz CT molecular complexity index is 1350. The maximum atomic E-state index is 12.7. The van der Waals surface area contributed by atoms with Gasteiger partial charge in [0.05, 0.1) is 15.1 Å². The standard InChI is InChI=1S/C23H24N2O3S2/c1-2-15-25-21-13-12-19(16-22(21)29-23(25)26)30(27,28)24-14-6-10-18-9-5-8-17-7-3-4-11-20(17)18/h3-5,7-9,11-13,16,24H,2,6,10,14-15H2,1H3. The van der Waals surface area contributed by atoms with Crippen LogP contribution in [0.25, 0.3) is 21.0 Å². The first-order valence-electron chi connectivity index (χ1n) is 10.1. The van der Waals surface area contributed by atoms with Crippen LogP contribution < -0.4 is 9.60 Å². The Balaban J connectivity index is 1.45. The van der Waals surface area contributed by atoms with Crippen molar-refractivity contribution in [2.24, 2.45) is 0 Å². The van der Waals surface area contributed by atoms with Crippen LogP contribution in [0.1, 0.15) is 25.3 Å². The molecule has 0 aliphatic heterocycles. The zero-order valence-corrected chi connectivity index (χ0v) is 18.4. The van der Waals surface area contributed by atoms with Crippen LogP contribution in [-0.4, -0.2) is 19.5 Å². The smallest absolute Gasteiger partial charge is 0.299 e. The number of aryl methyl sites for hydroxylation is 2. The Hall–Kier alpha value is -2.48. The minimum absolute atomic E-state index is 0.0514. The van der Waals surface area contributed by atoms with E-state index in [4.69, 9.17) is 0 Å². The van der Waals surface area contributed by atoms with Crippen molar-refractivity contribution in [1.82, 2.24) is 9.29 Å². The van der Waals surface area contributed by atoms with Crippen molar-refractivity contribution in [3.63, 3.8) is 0 Å². The van der Waals surface area contributed by atoms with E-state index in [1.807, 2.05) is 25.1 Å². The Morgan fingerprint density at radius 1 is 1.03 bits per heavy atom. The molecule has 3 aromatic carbocycles. The molecule has 4 aromatic rings. The molecule has 0 unspecified atom stereocenters. The first-order chi connectivity index (χ1) is 14.5. The third-order valence-electron chi connectivity index (χ3n) is 5.19. The Morgan fingerprint density at radius 3 is 2.67 bits per heavy atom. The summed E-state index contributed by atoms with van der Waals surface area (Å²) in [4.78, 5) is 12.3. The quantitative estimate of drug-likeness (QED) is 0.409. The summed E-state index contributed by atoms with van der Waals surface area (Å²) >= 11 is 1.09. The molecule has 0 aliphatic carbocycles. The molecule has 1 heterocycles. The lowest BCUT2D eigenvalue weighted by atomic mass is 10.0. The van der Waals surface area contributed by atoms with E-state index in [2.05, 4.69) is 29.0 Å². The number of aromatic nitrogens is 1. The maximum absolute atomic E-state index is 12.7. The number of thiazole rings is 1. The Morgan fingerprint density at radius 2 is 1.83 bits per heavy atom. The predicted molar refractivity (Wildman–Crippen MR) is 124 cm³/mol. The molecule has 0 saturated carbocycles. The van der Waals surface area contributed by atoms with E-state index in [-0.39, 0.29) is 9.77 Å². The molecule has 0 atom stereocenters. The molecule has 0 bridgehead atoms. The van der Waals surface area contributed by atoms with Crippen LogP contribution in [0.5, 0.6) is 0 Å². The average Bonchev–Trinajstić information content (AvgIpc) is 3.06. The molecule has 0 radical (unpaired) electrons. The van der Waals surface area contributed by atoms with Gasteiger partial charge in [-0.05, 0) is 53.8 Å². The van der Waals surface area contributed by atoms with Gasteiger partial charge < -0.3 is 0 Å². The maximum Gasteiger partial charge on any atom is 0.308 e. The van der Waals surface area contributed by atoms with E-state index in [1.165, 1.54) is 16.3 Å². The summed E-state index contributed by atoms with van der Waals surface area (Å²) in [7, 11) is -3.62. The zero-order chi connectivity index (χ0) is 21.1. The summed E-state index contributed by atoms with van der Waals surface area (Å²) in [6.45, 7) is 3.00. The molecule has 7 heteroatoms. The van der Waals surface area contributed by atoms with Crippen molar-refractivity contribution in [2.75, 3.05) is 6.54 Å². The zero-order valence-electron chi connectivity index (χ0n) is 16.8. The van der Waals surface area contributed by atoms with Crippen LogP contribution in [0.4, 0.5) is 0 Å². The van der Waals surface area contributed by atoms with Crippen LogP contribution in [0.3, 0.4) is 0 Å². The van der Waals surface area contributed by atoms with Crippen molar-refractivity contribution in [3.8, 4) is 0 Å². The van der Waals surface area contributed by atoms with Gasteiger partial charge in [0.2, 0.25) is 10.0 Å². The van der Waals surface area contributed by atoms with E-state index in [0.717, 1.165) is 29.7 Å². The van der Waals surface area contributed by atoms with Gasteiger partial charge in [0.15, 0.2) is 0 Å². The molecule has 156 valence electrons. The highest BCUT2D eigenvalue weighted by atomic mass is 32.2. The van der Waals surface area contributed by atoms with E-state index in [1.54, 1.807) is 22.8 Å². The molecule has 0 amide bonds. The van der Waals surface area contributed by atoms with Gasteiger partial charge in [-0.2, -0.15) is 0 Å². The summed E-state index contributed by atoms with van der Waals surface area (Å²) < 4.78 is 30.6. The van der Waals surface area contributed by atoms with Crippen molar-refractivity contribution in [1.29, 1.82) is 0 Å². The highest BCUT2D eigenvalue weighted by molar-refractivity contribution is 7.89. The molecule has 0 spiro atoms. The molecule has 1 aromatic heterocycles. The molecule has 0 saturated heterocycles. The second kappa shape index (κ2) is 8.71. The van der Waals surface area contributed by atoms with Crippen LogP contribution in [0.2, 0.25) is 0 Å². The number of nitrogens with one attached hydrogen (secondary N) is 1. The SMILES string of the molecule is CCCn1c(=O)sc2cc(S(=O)(=O)NCCCc3cccc4ccccc34)ccc21. The van der Waals surface area contributed by atoms with Crippen molar-refractivity contribution in [3.05, 3.63) is 75.9 Å². The molecular weight excluding hydrogens is 416 g/mol. The van der Waals surface area contributed by atoms with Gasteiger partial charge in [0.1, 0.15) is 0 Å². The number of benzene rings is 3. The van der Waals surface area contributed by atoms with E-state index in [9.17, 15) is 13.2 Å². The number of nitrogens with zero attached hydrogens (tertiary/aromatic N) is 1. The van der Waals surface area contributed by atoms with Crippen LogP contribution >= 0.6 is 11.3 Å². The summed E-state index contributed by atoms with van der Waals surface area (Å²) in [5.41, 5.74) is 2.01. The third-order valence-corrected chi connectivity index (χ3v) is 7.59. The largest absolute Gasteiger partial charge is 0.308 e. The topological polar surface area (TPSA) is 68.2 Å². The van der Waals surface area contributed by atoms with Gasteiger partial charge in [-0.3, -0.25) is 9.36 Å². The fourth-order valence-corrected chi connectivity index (χ4v) is 5.86. The Labute approximate surface area is 180 Å². The summed E-state index contributed by atoms with van der Waals surface area (Å²) in [6.07, 6.45) is 2.35. The lowest BCUT2D eigenvalue weighted by molar-refractivity contribution is 0.579. The molecule has 4 rings (SSSR count). The Kier molecular flexibility index (Phi) is 6.04. The highest BCUT2D eigenvalue weighted by Gasteiger charge is 2.16. The molecular formula is C23H24N2O3S2. The normalized spacial score (nSPS) is 12.0. The lowest BCUT2D eigenvalue weighted by Gasteiger charge is -2.09. The van der Waals surface area contributed by atoms with E-state index < -0.39 is 10.0 Å². The van der Waals surface area contributed by atoms with Gasteiger partial charge in [0, 0.05) is 13.1 Å². The number of rotatable bonds is 8. The monoisotopic (exact) mass is 440 g/mol. The van der Waals surface area contributed by atoms with Gasteiger partial charge in [-0.1, -0.05) is 60.7 Å². The predicted octanol–water partition coefficient (Wildman–Crippen LogP) is 4.54. The third kappa shape index (κ3) is 4.19. The highest BCUT2D eigenvalue weighted by Crippen LogP contribution is 2.22. The number of fused-ring (bicyclic) bond motifs is 2. The van der Waals surface area contributed by atoms with Crippen molar-refractivity contribution < 1.29 is 8.42 Å². The van der Waals surface area contributed by atoms with Crippen LogP contribution in [-0.2, 0) is 23.0 Å². The van der Waals surface area contributed by atoms with Crippen molar-refractivity contribution >= 4 is 42.3 Å². The van der Waals surface area contributed by atoms with Gasteiger partial charge in [-0.15, -0.1) is 0 Å². The second-order valence-corrected chi connectivity index (χ2v) is 10.0. The number of hydrogen-bond donors (Lipinski definition) is 1. The van der Waals surface area contributed by atoms with Gasteiger partial charge in [-0.25, -0.2) is 13.1 Å². The van der Waals surface area contributed by atoms with E-state index in [0.29, 0.717) is 24.2 Å². The first kappa shape index (κ1) is 20.8. The number of sulfonamides is 1. The van der Waals surface area contributed by atoms with Crippen LogP contribution in [0, 0.1) is 0 Å². The van der Waals surface area contributed by atoms with Gasteiger partial charge >= 0.3 is 4.87 Å². The average molecular weight is 441 g/mol. The van der Waals surface area contributed by atoms with Crippen molar-refractivity contribution in [2.45, 2.75) is 37.6 Å². The molecule has 30 heavy (non-hydrogen) atoms. The molecule has 1 N–H and O–H groups in total. The number of hydrogen-bond acceptors (Lipinski definition) is 4. The molecule has 0 aliphatic rings. The van der Waals surface area contributed by atoms with Gasteiger partial charge in [0.25, 0.3) is 0 Å². The minimum atomic E-state index is -3.62. The minimum Gasteiger partial charge on any atom is -0.299 e. The summed E-state index contributed by atoms with van der Waals surface area (Å²) in [5, 5.41) is 2.40. The second-order valence-electron chi connectivity index (χ2n) is 7.29. The summed E-state index contributed by atoms with van der Waals surface area (Å²) in [5.74, 6) is 0. The van der Waals surface area contributed by atoms with E-state index >= 15 is 0 Å². The molecule has 0 fully saturated rings. The van der Waals surface area contributed by atoms with Crippen LogP contribution in [0.15, 0.2) is 70.4 Å².